The number of amides is 1. The second-order valence-corrected chi connectivity index (χ2v) is 7.83. The Morgan fingerprint density at radius 3 is 2.61 bits per heavy atom. The van der Waals surface area contributed by atoms with Crippen molar-refractivity contribution in [2.75, 3.05) is 43.6 Å². The summed E-state index contributed by atoms with van der Waals surface area (Å²) in [6.45, 7) is 4.70. The predicted octanol–water partition coefficient (Wildman–Crippen LogP) is 3.06. The minimum atomic E-state index is -0.142. The molecule has 1 fully saturated rings. The molecule has 0 spiro atoms. The van der Waals surface area contributed by atoms with Crippen LogP contribution in [0.15, 0.2) is 54.7 Å². The summed E-state index contributed by atoms with van der Waals surface area (Å²) in [7, 11) is 1.62. The molecule has 0 atom stereocenters. The predicted molar refractivity (Wildman–Crippen MR) is 128 cm³/mol. The Hall–Kier alpha value is -3.98. The number of carbonyl (C=O) groups is 1. The monoisotopic (exact) mass is 443 g/mol. The summed E-state index contributed by atoms with van der Waals surface area (Å²) in [5.74, 6) is 1.11. The Balaban J connectivity index is 1.63. The number of anilines is 3. The van der Waals surface area contributed by atoms with E-state index in [2.05, 4.69) is 20.6 Å². The standard InChI is InChI=1S/C24H25N7O2/c1-16-8-9-17(23(32)25-2)14-20(16)27-21-19-15-26-31(18-6-4-3-5-7-18)22(19)29-24(28-21)30-10-12-33-13-11-30/h3-9,14-15H,10-13H2,1-2H3,(H,25,32)(H,27,28,29). The van der Waals surface area contributed by atoms with Crippen LogP contribution in [0.5, 0.6) is 0 Å². The van der Waals surface area contributed by atoms with Crippen LogP contribution in [0, 0.1) is 6.92 Å². The minimum absolute atomic E-state index is 0.142. The number of hydrogen-bond donors (Lipinski definition) is 2. The lowest BCUT2D eigenvalue weighted by Crippen LogP contribution is -2.37. The van der Waals surface area contributed by atoms with Crippen LogP contribution in [0.2, 0.25) is 0 Å². The lowest BCUT2D eigenvalue weighted by atomic mass is 10.1. The second kappa shape index (κ2) is 8.87. The van der Waals surface area contributed by atoms with Gasteiger partial charge in [-0.15, -0.1) is 0 Å². The minimum Gasteiger partial charge on any atom is -0.378 e. The summed E-state index contributed by atoms with van der Waals surface area (Å²) in [4.78, 5) is 24.0. The van der Waals surface area contributed by atoms with Crippen molar-refractivity contribution < 1.29 is 9.53 Å². The third-order valence-corrected chi connectivity index (χ3v) is 5.69. The van der Waals surface area contributed by atoms with Gasteiger partial charge in [0.2, 0.25) is 5.95 Å². The van der Waals surface area contributed by atoms with Gasteiger partial charge in [0.15, 0.2) is 5.65 Å². The zero-order chi connectivity index (χ0) is 22.8. The van der Waals surface area contributed by atoms with Crippen molar-refractivity contribution in [1.82, 2.24) is 25.1 Å². The van der Waals surface area contributed by atoms with Crippen molar-refractivity contribution in [2.45, 2.75) is 6.92 Å². The molecule has 0 bridgehead atoms. The van der Waals surface area contributed by atoms with E-state index in [1.54, 1.807) is 13.2 Å². The van der Waals surface area contributed by atoms with Crippen LogP contribution >= 0.6 is 0 Å². The molecule has 2 aromatic carbocycles. The van der Waals surface area contributed by atoms with Crippen molar-refractivity contribution in [3.8, 4) is 5.69 Å². The van der Waals surface area contributed by atoms with Crippen molar-refractivity contribution in [3.05, 3.63) is 65.9 Å². The number of nitrogens with one attached hydrogen (secondary N) is 2. The number of fused-ring (bicyclic) bond motifs is 1. The van der Waals surface area contributed by atoms with Gasteiger partial charge < -0.3 is 20.3 Å². The topological polar surface area (TPSA) is 97.2 Å². The first-order valence-corrected chi connectivity index (χ1v) is 10.9. The highest BCUT2D eigenvalue weighted by atomic mass is 16.5. The van der Waals surface area contributed by atoms with Gasteiger partial charge in [-0.3, -0.25) is 4.79 Å². The summed E-state index contributed by atoms with van der Waals surface area (Å²) in [6.07, 6.45) is 1.77. The molecule has 0 aliphatic carbocycles. The number of nitrogens with zero attached hydrogens (tertiary/aromatic N) is 5. The lowest BCUT2D eigenvalue weighted by Gasteiger charge is -2.27. The van der Waals surface area contributed by atoms with Crippen LogP contribution in [0.1, 0.15) is 15.9 Å². The van der Waals surface area contributed by atoms with E-state index in [-0.39, 0.29) is 5.91 Å². The third-order valence-electron chi connectivity index (χ3n) is 5.69. The Kier molecular flexibility index (Phi) is 5.62. The number of benzene rings is 2. The van der Waals surface area contributed by atoms with Gasteiger partial charge in [-0.1, -0.05) is 24.3 Å². The van der Waals surface area contributed by atoms with E-state index in [0.717, 1.165) is 35.4 Å². The molecule has 5 rings (SSSR count). The van der Waals surface area contributed by atoms with Gasteiger partial charge in [-0.25, -0.2) is 4.68 Å². The molecule has 1 aliphatic heterocycles. The van der Waals surface area contributed by atoms with Gasteiger partial charge in [0.1, 0.15) is 5.82 Å². The van der Waals surface area contributed by atoms with Gasteiger partial charge in [-0.2, -0.15) is 15.1 Å². The second-order valence-electron chi connectivity index (χ2n) is 7.83. The fourth-order valence-corrected chi connectivity index (χ4v) is 3.82. The molecular formula is C24H25N7O2. The molecule has 0 unspecified atom stereocenters. The first kappa shape index (κ1) is 20.9. The average Bonchev–Trinajstić information content (AvgIpc) is 3.30. The number of rotatable bonds is 5. The molecule has 9 heteroatoms. The fourth-order valence-electron chi connectivity index (χ4n) is 3.82. The summed E-state index contributed by atoms with van der Waals surface area (Å²) < 4.78 is 7.33. The number of para-hydroxylation sites is 1. The van der Waals surface area contributed by atoms with Crippen molar-refractivity contribution in [2.24, 2.45) is 0 Å². The fraction of sp³-hybridized carbons (Fsp3) is 0.250. The van der Waals surface area contributed by atoms with Crippen LogP contribution in [-0.2, 0) is 4.74 Å². The summed E-state index contributed by atoms with van der Waals surface area (Å²) in [5.41, 5.74) is 4.00. The van der Waals surface area contributed by atoms with E-state index < -0.39 is 0 Å². The Morgan fingerprint density at radius 2 is 1.85 bits per heavy atom. The molecule has 0 radical (unpaired) electrons. The maximum Gasteiger partial charge on any atom is 0.251 e. The first-order chi connectivity index (χ1) is 16.1. The number of hydrogen-bond acceptors (Lipinski definition) is 7. The molecule has 1 saturated heterocycles. The van der Waals surface area contributed by atoms with Crippen LogP contribution < -0.4 is 15.5 Å². The molecule has 0 saturated carbocycles. The van der Waals surface area contributed by atoms with E-state index >= 15 is 0 Å². The highest BCUT2D eigenvalue weighted by molar-refractivity contribution is 5.96. The van der Waals surface area contributed by atoms with E-state index in [4.69, 9.17) is 14.7 Å². The number of aromatic nitrogens is 4. The smallest absolute Gasteiger partial charge is 0.251 e. The lowest BCUT2D eigenvalue weighted by molar-refractivity contribution is 0.0963. The maximum absolute atomic E-state index is 12.2. The van der Waals surface area contributed by atoms with Gasteiger partial charge in [0.05, 0.1) is 30.5 Å². The molecule has 1 aliphatic rings. The Labute approximate surface area is 191 Å². The van der Waals surface area contributed by atoms with Gasteiger partial charge in [0, 0.05) is 31.4 Å². The van der Waals surface area contributed by atoms with Crippen LogP contribution in [0.25, 0.3) is 16.7 Å². The summed E-state index contributed by atoms with van der Waals surface area (Å²) >= 11 is 0. The van der Waals surface area contributed by atoms with Crippen LogP contribution in [0.4, 0.5) is 17.5 Å². The van der Waals surface area contributed by atoms with E-state index in [1.165, 1.54) is 0 Å². The summed E-state index contributed by atoms with van der Waals surface area (Å²) in [6, 6.07) is 15.5. The largest absolute Gasteiger partial charge is 0.378 e. The normalized spacial score (nSPS) is 13.8. The highest BCUT2D eigenvalue weighted by Gasteiger charge is 2.20. The third kappa shape index (κ3) is 4.10. The van der Waals surface area contributed by atoms with Crippen molar-refractivity contribution in [3.63, 3.8) is 0 Å². The molecular weight excluding hydrogens is 418 g/mol. The zero-order valence-electron chi connectivity index (χ0n) is 18.6. The molecule has 4 aromatic rings. The highest BCUT2D eigenvalue weighted by Crippen LogP contribution is 2.30. The van der Waals surface area contributed by atoms with Gasteiger partial charge in [0.25, 0.3) is 5.91 Å². The molecule has 168 valence electrons. The van der Waals surface area contributed by atoms with Crippen LogP contribution in [-0.4, -0.2) is 59.0 Å². The van der Waals surface area contributed by atoms with E-state index in [0.29, 0.717) is 36.2 Å². The molecule has 9 nitrogen and oxygen atoms in total. The zero-order valence-corrected chi connectivity index (χ0v) is 18.6. The van der Waals surface area contributed by atoms with Crippen LogP contribution in [0.3, 0.4) is 0 Å². The molecule has 1 amide bonds. The number of morpholine rings is 1. The van der Waals surface area contributed by atoms with Crippen molar-refractivity contribution in [1.29, 1.82) is 0 Å². The number of ether oxygens (including phenoxy) is 1. The van der Waals surface area contributed by atoms with E-state index in [9.17, 15) is 4.79 Å². The first-order valence-electron chi connectivity index (χ1n) is 10.9. The van der Waals surface area contributed by atoms with E-state index in [1.807, 2.05) is 60.1 Å². The molecule has 2 aromatic heterocycles. The summed E-state index contributed by atoms with van der Waals surface area (Å²) in [5, 5.41) is 11.5. The van der Waals surface area contributed by atoms with Gasteiger partial charge in [-0.05, 0) is 36.8 Å². The maximum atomic E-state index is 12.2. The quantitative estimate of drug-likeness (QED) is 0.489. The molecule has 33 heavy (non-hydrogen) atoms. The molecule has 3 heterocycles. The van der Waals surface area contributed by atoms with Crippen molar-refractivity contribution >= 4 is 34.4 Å². The molecule has 2 N–H and O–H groups in total. The SMILES string of the molecule is CNC(=O)c1ccc(C)c(Nc2nc(N3CCOCC3)nc3c2cnn3-c2ccccc2)c1. The Bertz CT molecular complexity index is 1300. The van der Waals surface area contributed by atoms with Gasteiger partial charge >= 0.3 is 0 Å². The Morgan fingerprint density at radius 1 is 1.06 bits per heavy atom. The average molecular weight is 444 g/mol. The number of aryl methyl sites for hydroxylation is 1. The number of carbonyl (C=O) groups excluding carboxylic acids is 1.